The Labute approximate surface area is 125 Å². The molecule has 2 amide bonds. The molecule has 2 aliphatic heterocycles. The van der Waals surface area contributed by atoms with Crippen molar-refractivity contribution in [2.45, 2.75) is 51.2 Å². The van der Waals surface area contributed by atoms with E-state index in [1.165, 1.54) is 25.8 Å². The number of urea groups is 1. The fourth-order valence-corrected chi connectivity index (χ4v) is 3.49. The van der Waals surface area contributed by atoms with E-state index in [0.29, 0.717) is 18.6 Å². The van der Waals surface area contributed by atoms with Gasteiger partial charge in [-0.2, -0.15) is 0 Å². The Kier molecular flexibility index (Phi) is 4.14. The Balaban J connectivity index is 1.53. The molecule has 21 heavy (non-hydrogen) atoms. The van der Waals surface area contributed by atoms with E-state index in [-0.39, 0.29) is 6.03 Å². The van der Waals surface area contributed by atoms with E-state index in [9.17, 15) is 4.79 Å². The number of piperidine rings is 1. The molecular weight excluding hydrogens is 268 g/mol. The molecule has 1 aromatic rings. The fourth-order valence-electron chi connectivity index (χ4n) is 3.49. The third-order valence-corrected chi connectivity index (χ3v) is 4.59. The first-order chi connectivity index (χ1) is 10.1. The first-order valence-electron chi connectivity index (χ1n) is 7.81. The predicted molar refractivity (Wildman–Crippen MR) is 78.9 cm³/mol. The van der Waals surface area contributed by atoms with Gasteiger partial charge in [0.1, 0.15) is 11.5 Å². The molecule has 3 heterocycles. The quantitative estimate of drug-likeness (QED) is 0.922. The van der Waals surface area contributed by atoms with Crippen molar-refractivity contribution in [1.29, 1.82) is 0 Å². The molecule has 1 N–H and O–H groups in total. The SMILES string of the molecule is Cc1cc(CN(C)C(=O)N[C@@H]2CCN3CCCC[C@@H]23)no1. The first kappa shape index (κ1) is 14.4. The van der Waals surface area contributed by atoms with Crippen molar-refractivity contribution in [1.82, 2.24) is 20.3 Å². The molecule has 0 unspecified atom stereocenters. The minimum atomic E-state index is -0.0203. The van der Waals surface area contributed by atoms with E-state index in [0.717, 1.165) is 24.4 Å². The second-order valence-corrected chi connectivity index (χ2v) is 6.23. The number of rotatable bonds is 3. The van der Waals surface area contributed by atoms with Crippen molar-refractivity contribution >= 4 is 6.03 Å². The van der Waals surface area contributed by atoms with Crippen molar-refractivity contribution in [2.75, 3.05) is 20.1 Å². The first-order valence-corrected chi connectivity index (χ1v) is 7.81. The Bertz CT molecular complexity index is 502. The molecular formula is C15H24N4O2. The van der Waals surface area contributed by atoms with Crippen LogP contribution in [0, 0.1) is 6.92 Å². The molecule has 0 radical (unpaired) electrons. The van der Waals surface area contributed by atoms with Gasteiger partial charge in [0.25, 0.3) is 0 Å². The van der Waals surface area contributed by atoms with Gasteiger partial charge in [-0.25, -0.2) is 4.79 Å². The highest BCUT2D eigenvalue weighted by molar-refractivity contribution is 5.74. The van der Waals surface area contributed by atoms with Crippen molar-refractivity contribution in [3.05, 3.63) is 17.5 Å². The molecule has 0 aromatic carbocycles. The van der Waals surface area contributed by atoms with Crippen LogP contribution in [0.5, 0.6) is 0 Å². The average molecular weight is 292 g/mol. The van der Waals surface area contributed by atoms with Crippen LogP contribution in [0.1, 0.15) is 37.1 Å². The van der Waals surface area contributed by atoms with Gasteiger partial charge in [0.2, 0.25) is 0 Å². The Morgan fingerprint density at radius 2 is 2.33 bits per heavy atom. The van der Waals surface area contributed by atoms with Crippen LogP contribution in [0.25, 0.3) is 0 Å². The highest BCUT2D eigenvalue weighted by Crippen LogP contribution is 2.27. The molecule has 116 valence electrons. The van der Waals surface area contributed by atoms with Gasteiger partial charge in [-0.15, -0.1) is 0 Å². The molecule has 0 aliphatic carbocycles. The van der Waals surface area contributed by atoms with Crippen LogP contribution >= 0.6 is 0 Å². The van der Waals surface area contributed by atoms with E-state index >= 15 is 0 Å². The van der Waals surface area contributed by atoms with Gasteiger partial charge >= 0.3 is 6.03 Å². The van der Waals surface area contributed by atoms with E-state index in [1.807, 2.05) is 13.0 Å². The van der Waals surface area contributed by atoms with Gasteiger partial charge in [0.05, 0.1) is 6.54 Å². The summed E-state index contributed by atoms with van der Waals surface area (Å²) < 4.78 is 5.03. The molecule has 2 saturated heterocycles. The maximum absolute atomic E-state index is 12.3. The van der Waals surface area contributed by atoms with Crippen LogP contribution in [-0.2, 0) is 6.54 Å². The maximum atomic E-state index is 12.3. The van der Waals surface area contributed by atoms with E-state index in [4.69, 9.17) is 4.52 Å². The summed E-state index contributed by atoms with van der Waals surface area (Å²) in [5.41, 5.74) is 0.788. The van der Waals surface area contributed by atoms with E-state index < -0.39 is 0 Å². The van der Waals surface area contributed by atoms with Gasteiger partial charge in [-0.3, -0.25) is 4.90 Å². The van der Waals surface area contributed by atoms with Crippen LogP contribution in [0.4, 0.5) is 4.79 Å². The number of amides is 2. The molecule has 2 atom stereocenters. The number of aromatic nitrogens is 1. The number of fused-ring (bicyclic) bond motifs is 1. The second kappa shape index (κ2) is 6.05. The molecule has 0 spiro atoms. The minimum absolute atomic E-state index is 0.0203. The Morgan fingerprint density at radius 3 is 3.10 bits per heavy atom. The van der Waals surface area contributed by atoms with Gasteiger partial charge in [0, 0.05) is 31.7 Å². The smallest absolute Gasteiger partial charge is 0.317 e. The topological polar surface area (TPSA) is 61.6 Å². The van der Waals surface area contributed by atoms with Crippen molar-refractivity contribution in [3.63, 3.8) is 0 Å². The summed E-state index contributed by atoms with van der Waals surface area (Å²) in [7, 11) is 1.80. The van der Waals surface area contributed by atoms with E-state index in [2.05, 4.69) is 15.4 Å². The molecule has 0 bridgehead atoms. The molecule has 2 fully saturated rings. The number of nitrogens with one attached hydrogen (secondary N) is 1. The number of hydrogen-bond acceptors (Lipinski definition) is 4. The Hall–Kier alpha value is -1.56. The molecule has 6 heteroatoms. The molecule has 3 rings (SSSR count). The van der Waals surface area contributed by atoms with Crippen LogP contribution in [0.15, 0.2) is 10.6 Å². The zero-order valence-electron chi connectivity index (χ0n) is 12.8. The Morgan fingerprint density at radius 1 is 1.48 bits per heavy atom. The van der Waals surface area contributed by atoms with Gasteiger partial charge in [-0.05, 0) is 32.7 Å². The lowest BCUT2D eigenvalue weighted by atomic mass is 9.99. The number of nitrogens with zero attached hydrogens (tertiary/aromatic N) is 3. The number of carbonyl (C=O) groups is 1. The molecule has 2 aliphatic rings. The fraction of sp³-hybridized carbons (Fsp3) is 0.733. The standard InChI is InChI=1S/C15H24N4O2/c1-11-9-12(17-21-11)10-18(2)15(20)16-13-6-8-19-7-4-3-5-14(13)19/h9,13-14H,3-8,10H2,1-2H3,(H,16,20)/t13-,14+/m1/s1. The third kappa shape index (κ3) is 3.20. The maximum Gasteiger partial charge on any atom is 0.317 e. The predicted octanol–water partition coefficient (Wildman–Crippen LogP) is 1.75. The van der Waals surface area contributed by atoms with Crippen molar-refractivity contribution in [3.8, 4) is 0 Å². The summed E-state index contributed by atoms with van der Waals surface area (Å²) in [4.78, 5) is 16.5. The largest absolute Gasteiger partial charge is 0.361 e. The normalized spacial score (nSPS) is 25.6. The summed E-state index contributed by atoms with van der Waals surface area (Å²) in [6.45, 7) is 4.63. The van der Waals surface area contributed by atoms with Gasteiger partial charge < -0.3 is 14.7 Å². The average Bonchev–Trinajstić information content (AvgIpc) is 3.06. The number of hydrogen-bond donors (Lipinski definition) is 1. The van der Waals surface area contributed by atoms with Crippen molar-refractivity contribution < 1.29 is 9.32 Å². The monoisotopic (exact) mass is 292 g/mol. The van der Waals surface area contributed by atoms with Crippen LogP contribution in [0.3, 0.4) is 0 Å². The molecule has 1 aromatic heterocycles. The van der Waals surface area contributed by atoms with Crippen molar-refractivity contribution in [2.24, 2.45) is 0 Å². The minimum Gasteiger partial charge on any atom is -0.361 e. The molecule has 0 saturated carbocycles. The summed E-state index contributed by atoms with van der Waals surface area (Å²) >= 11 is 0. The number of carbonyl (C=O) groups excluding carboxylic acids is 1. The van der Waals surface area contributed by atoms with Crippen LogP contribution in [-0.4, -0.2) is 53.2 Å². The lowest BCUT2D eigenvalue weighted by Gasteiger charge is -2.33. The molecule has 6 nitrogen and oxygen atoms in total. The van der Waals surface area contributed by atoms with Crippen LogP contribution in [0.2, 0.25) is 0 Å². The lowest BCUT2D eigenvalue weighted by Crippen LogP contribution is -2.49. The van der Waals surface area contributed by atoms with Crippen LogP contribution < -0.4 is 5.32 Å². The lowest BCUT2D eigenvalue weighted by molar-refractivity contribution is 0.170. The second-order valence-electron chi connectivity index (χ2n) is 6.23. The summed E-state index contributed by atoms with van der Waals surface area (Å²) in [6, 6.07) is 2.67. The highest BCUT2D eigenvalue weighted by atomic mass is 16.5. The third-order valence-electron chi connectivity index (χ3n) is 4.59. The summed E-state index contributed by atoms with van der Waals surface area (Å²) in [6.07, 6.45) is 4.84. The van der Waals surface area contributed by atoms with Gasteiger partial charge in [0.15, 0.2) is 0 Å². The summed E-state index contributed by atoms with van der Waals surface area (Å²) in [5.74, 6) is 0.771. The van der Waals surface area contributed by atoms with E-state index in [1.54, 1.807) is 11.9 Å². The summed E-state index contributed by atoms with van der Waals surface area (Å²) in [5, 5.41) is 7.12. The zero-order valence-corrected chi connectivity index (χ0v) is 12.8. The number of aryl methyl sites for hydroxylation is 1. The zero-order chi connectivity index (χ0) is 14.8. The highest BCUT2D eigenvalue weighted by Gasteiger charge is 2.36. The van der Waals surface area contributed by atoms with Gasteiger partial charge in [-0.1, -0.05) is 11.6 Å².